The maximum absolute atomic E-state index is 13.5. The fourth-order valence-corrected chi connectivity index (χ4v) is 6.39. The van der Waals surface area contributed by atoms with Gasteiger partial charge in [0, 0.05) is 24.7 Å². The molecule has 0 saturated carbocycles. The molecule has 0 bridgehead atoms. The minimum atomic E-state index is -3.60. The van der Waals surface area contributed by atoms with Gasteiger partial charge in [-0.25, -0.2) is 8.42 Å². The lowest BCUT2D eigenvalue weighted by molar-refractivity contribution is -0.134. The molecule has 1 N–H and O–H groups in total. The lowest BCUT2D eigenvalue weighted by Crippen LogP contribution is -2.60. The Balaban J connectivity index is 1.53. The summed E-state index contributed by atoms with van der Waals surface area (Å²) >= 11 is 5.93. The van der Waals surface area contributed by atoms with E-state index in [1.807, 2.05) is 35.2 Å². The van der Waals surface area contributed by atoms with Crippen molar-refractivity contribution in [3.8, 4) is 0 Å². The van der Waals surface area contributed by atoms with Crippen LogP contribution in [0.2, 0.25) is 5.02 Å². The SMILES string of the molecule is CC[C@H](C)CN1C(=O)[C@@H](Cc2ccccc2)NC12CCN(S(=O)(=O)c1ccc(Cl)cc1)CC2. The van der Waals surface area contributed by atoms with Gasteiger partial charge < -0.3 is 4.90 Å². The average Bonchev–Trinajstić information content (AvgIpc) is 3.05. The van der Waals surface area contributed by atoms with Crippen molar-refractivity contribution in [2.45, 2.75) is 56.1 Å². The molecule has 0 aromatic heterocycles. The van der Waals surface area contributed by atoms with E-state index in [1.165, 1.54) is 4.31 Å². The number of piperidine rings is 1. The molecule has 0 unspecified atom stereocenters. The Kier molecular flexibility index (Phi) is 7.15. The van der Waals surface area contributed by atoms with Gasteiger partial charge in [0.2, 0.25) is 15.9 Å². The van der Waals surface area contributed by atoms with Gasteiger partial charge in [-0.1, -0.05) is 62.2 Å². The van der Waals surface area contributed by atoms with Crippen molar-refractivity contribution < 1.29 is 13.2 Å². The van der Waals surface area contributed by atoms with Crippen molar-refractivity contribution in [1.82, 2.24) is 14.5 Å². The van der Waals surface area contributed by atoms with Crippen LogP contribution in [-0.2, 0) is 21.2 Å². The zero-order chi connectivity index (χ0) is 23.6. The van der Waals surface area contributed by atoms with E-state index in [0.29, 0.717) is 49.8 Å². The fraction of sp³-hybridized carbons (Fsp3) is 0.480. The van der Waals surface area contributed by atoms with Gasteiger partial charge in [0.25, 0.3) is 0 Å². The maximum atomic E-state index is 13.5. The van der Waals surface area contributed by atoms with Crippen LogP contribution in [0.25, 0.3) is 0 Å². The first-order valence-corrected chi connectivity index (χ1v) is 13.5. The van der Waals surface area contributed by atoms with Crippen molar-refractivity contribution in [2.75, 3.05) is 19.6 Å². The second kappa shape index (κ2) is 9.74. The first kappa shape index (κ1) is 24.2. The topological polar surface area (TPSA) is 69.7 Å². The number of sulfonamides is 1. The highest BCUT2D eigenvalue weighted by atomic mass is 35.5. The fourth-order valence-electron chi connectivity index (χ4n) is 4.82. The van der Waals surface area contributed by atoms with Gasteiger partial charge in [-0.15, -0.1) is 0 Å². The Bertz CT molecular complexity index is 1070. The van der Waals surface area contributed by atoms with Crippen LogP contribution in [-0.4, -0.2) is 54.9 Å². The Morgan fingerprint density at radius 3 is 2.33 bits per heavy atom. The molecule has 1 spiro atoms. The second-order valence-electron chi connectivity index (χ2n) is 9.24. The molecule has 8 heteroatoms. The minimum Gasteiger partial charge on any atom is -0.323 e. The van der Waals surface area contributed by atoms with E-state index in [9.17, 15) is 13.2 Å². The van der Waals surface area contributed by atoms with Crippen molar-refractivity contribution in [2.24, 2.45) is 5.92 Å². The van der Waals surface area contributed by atoms with E-state index in [4.69, 9.17) is 11.6 Å². The summed E-state index contributed by atoms with van der Waals surface area (Å²) in [4.78, 5) is 15.7. The Morgan fingerprint density at radius 2 is 1.73 bits per heavy atom. The molecule has 2 saturated heterocycles. The Hall–Kier alpha value is -1.93. The zero-order valence-corrected chi connectivity index (χ0v) is 20.8. The number of hydrogen-bond donors (Lipinski definition) is 1. The van der Waals surface area contributed by atoms with Crippen molar-refractivity contribution in [1.29, 1.82) is 0 Å². The van der Waals surface area contributed by atoms with Crippen LogP contribution in [0.4, 0.5) is 0 Å². The molecule has 4 rings (SSSR count). The predicted octanol–water partition coefficient (Wildman–Crippen LogP) is 3.91. The number of rotatable bonds is 7. The Morgan fingerprint density at radius 1 is 1.09 bits per heavy atom. The largest absolute Gasteiger partial charge is 0.323 e. The quantitative estimate of drug-likeness (QED) is 0.640. The van der Waals surface area contributed by atoms with Crippen LogP contribution in [0, 0.1) is 5.92 Å². The number of carbonyl (C=O) groups is 1. The minimum absolute atomic E-state index is 0.119. The summed E-state index contributed by atoms with van der Waals surface area (Å²) in [6.45, 7) is 5.69. The summed E-state index contributed by atoms with van der Waals surface area (Å²) in [5.41, 5.74) is 0.609. The molecule has 2 fully saturated rings. The summed E-state index contributed by atoms with van der Waals surface area (Å²) in [6, 6.07) is 16.0. The third-order valence-electron chi connectivity index (χ3n) is 7.00. The van der Waals surface area contributed by atoms with E-state index in [0.717, 1.165) is 12.0 Å². The highest BCUT2D eigenvalue weighted by Crippen LogP contribution is 2.36. The van der Waals surface area contributed by atoms with Gasteiger partial charge in [-0.3, -0.25) is 10.1 Å². The van der Waals surface area contributed by atoms with Crippen molar-refractivity contribution in [3.05, 3.63) is 65.2 Å². The molecule has 178 valence electrons. The van der Waals surface area contributed by atoms with Gasteiger partial charge in [-0.2, -0.15) is 4.31 Å². The van der Waals surface area contributed by atoms with Crippen LogP contribution in [0.15, 0.2) is 59.5 Å². The number of hydrogen-bond acceptors (Lipinski definition) is 4. The van der Waals surface area contributed by atoms with Gasteiger partial charge in [0.1, 0.15) is 0 Å². The molecule has 0 aliphatic carbocycles. The normalized spacial score (nSPS) is 22.1. The molecule has 2 heterocycles. The third kappa shape index (κ3) is 4.97. The Labute approximate surface area is 202 Å². The monoisotopic (exact) mass is 489 g/mol. The van der Waals surface area contributed by atoms with Crippen LogP contribution in [0.3, 0.4) is 0 Å². The summed E-state index contributed by atoms with van der Waals surface area (Å²) in [5, 5.41) is 4.15. The van der Waals surface area contributed by atoms with Crippen LogP contribution < -0.4 is 5.32 Å². The first-order chi connectivity index (χ1) is 15.7. The summed E-state index contributed by atoms with van der Waals surface area (Å²) in [5.74, 6) is 0.493. The molecule has 2 atom stereocenters. The van der Waals surface area contributed by atoms with Gasteiger partial charge in [-0.05, 0) is 55.0 Å². The molecule has 2 aliphatic heterocycles. The number of benzene rings is 2. The number of carbonyl (C=O) groups excluding carboxylic acids is 1. The molecular formula is C25H32ClN3O3S. The lowest BCUT2D eigenvalue weighted by Gasteiger charge is -2.45. The highest BCUT2D eigenvalue weighted by Gasteiger charge is 2.52. The van der Waals surface area contributed by atoms with E-state index in [2.05, 4.69) is 19.2 Å². The highest BCUT2D eigenvalue weighted by molar-refractivity contribution is 7.89. The molecular weight excluding hydrogens is 458 g/mol. The molecule has 1 amide bonds. The summed E-state index contributed by atoms with van der Waals surface area (Å²) < 4.78 is 27.8. The number of nitrogens with one attached hydrogen (secondary N) is 1. The first-order valence-electron chi connectivity index (χ1n) is 11.6. The standard InChI is InChI=1S/C25H32ClN3O3S/c1-3-19(2)18-29-24(30)23(17-20-7-5-4-6-8-20)27-25(29)13-15-28(16-14-25)33(31,32)22-11-9-21(26)10-12-22/h4-12,19,23,27H,3,13-18H2,1-2H3/t19-,23+/m0/s1. The van der Waals surface area contributed by atoms with Crippen molar-refractivity contribution in [3.63, 3.8) is 0 Å². The van der Waals surface area contributed by atoms with Gasteiger partial charge in [0.15, 0.2) is 0 Å². The van der Waals surface area contributed by atoms with E-state index < -0.39 is 15.7 Å². The lowest BCUT2D eigenvalue weighted by atomic mass is 9.95. The number of amides is 1. The van der Waals surface area contributed by atoms with Gasteiger partial charge >= 0.3 is 0 Å². The van der Waals surface area contributed by atoms with E-state index >= 15 is 0 Å². The molecule has 2 aromatic carbocycles. The van der Waals surface area contributed by atoms with Crippen molar-refractivity contribution >= 4 is 27.5 Å². The molecule has 2 aromatic rings. The molecule has 33 heavy (non-hydrogen) atoms. The number of halogens is 1. The zero-order valence-electron chi connectivity index (χ0n) is 19.2. The van der Waals surface area contributed by atoms with Crippen LogP contribution >= 0.6 is 11.6 Å². The molecule has 6 nitrogen and oxygen atoms in total. The third-order valence-corrected chi connectivity index (χ3v) is 9.16. The smallest absolute Gasteiger partial charge is 0.243 e. The van der Waals surface area contributed by atoms with Crippen LogP contribution in [0.5, 0.6) is 0 Å². The van der Waals surface area contributed by atoms with E-state index in [1.54, 1.807) is 24.3 Å². The average molecular weight is 490 g/mol. The van der Waals surface area contributed by atoms with E-state index in [-0.39, 0.29) is 16.8 Å². The summed E-state index contributed by atoms with van der Waals surface area (Å²) in [7, 11) is -3.60. The molecule has 2 aliphatic rings. The molecule has 0 radical (unpaired) electrons. The second-order valence-corrected chi connectivity index (χ2v) is 11.6. The van der Waals surface area contributed by atoms with Gasteiger partial charge in [0.05, 0.1) is 16.6 Å². The number of nitrogens with zero attached hydrogens (tertiary/aromatic N) is 2. The van der Waals surface area contributed by atoms with Crippen LogP contribution in [0.1, 0.15) is 38.7 Å². The maximum Gasteiger partial charge on any atom is 0.243 e. The predicted molar refractivity (Wildman–Crippen MR) is 130 cm³/mol. The summed E-state index contributed by atoms with van der Waals surface area (Å²) in [6.07, 6.45) is 2.74.